The molecule has 0 radical (unpaired) electrons. The topological polar surface area (TPSA) is 29.1 Å². The van der Waals surface area contributed by atoms with E-state index < -0.39 is 0 Å². The number of carbonyl (C=O) groups is 1. The van der Waals surface area contributed by atoms with E-state index in [1.54, 1.807) is 0 Å². The summed E-state index contributed by atoms with van der Waals surface area (Å²) < 4.78 is 1.81. The van der Waals surface area contributed by atoms with Gasteiger partial charge in [0, 0.05) is 14.9 Å². The Labute approximate surface area is 99.3 Å². The van der Waals surface area contributed by atoms with Crippen molar-refractivity contribution in [3.8, 4) is 0 Å². The number of anilines is 1. The van der Waals surface area contributed by atoms with Crippen LogP contribution in [0, 0.1) is 5.92 Å². The van der Waals surface area contributed by atoms with Gasteiger partial charge in [-0.05, 0) is 56.8 Å². The summed E-state index contributed by atoms with van der Waals surface area (Å²) in [5, 5.41) is 2.91. The Morgan fingerprint density at radius 3 is 2.36 bits per heavy atom. The van der Waals surface area contributed by atoms with Crippen molar-refractivity contribution in [1.29, 1.82) is 0 Å². The Balaban J connectivity index is 2.18. The molecule has 1 fully saturated rings. The minimum Gasteiger partial charge on any atom is -0.324 e. The van der Waals surface area contributed by atoms with Crippen molar-refractivity contribution < 1.29 is 4.79 Å². The van der Waals surface area contributed by atoms with Crippen molar-refractivity contribution in [3.05, 3.63) is 27.1 Å². The van der Waals surface area contributed by atoms with Crippen molar-refractivity contribution in [1.82, 2.24) is 0 Å². The molecule has 1 amide bonds. The maximum Gasteiger partial charge on any atom is 0.227 e. The summed E-state index contributed by atoms with van der Waals surface area (Å²) >= 11 is 6.80. The summed E-state index contributed by atoms with van der Waals surface area (Å²) in [6, 6.07) is 5.74. The Morgan fingerprint density at radius 2 is 1.86 bits per heavy atom. The minimum absolute atomic E-state index is 0.123. The highest BCUT2D eigenvalue weighted by Gasteiger charge is 2.30. The lowest BCUT2D eigenvalue weighted by Gasteiger charge is -2.08. The van der Waals surface area contributed by atoms with Gasteiger partial charge in [0.25, 0.3) is 0 Å². The summed E-state index contributed by atoms with van der Waals surface area (Å²) in [5.74, 6) is 0.353. The standard InChI is InChI=1S/C10H9Br2NO/c11-7-2-1-3-8(12)9(7)13-10(14)6-4-5-6/h1-3,6H,4-5H2,(H,13,14). The van der Waals surface area contributed by atoms with E-state index >= 15 is 0 Å². The number of amides is 1. The highest BCUT2D eigenvalue weighted by molar-refractivity contribution is 9.11. The summed E-state index contributed by atoms with van der Waals surface area (Å²) in [5.41, 5.74) is 0.824. The predicted octanol–water partition coefficient (Wildman–Crippen LogP) is 3.56. The average molecular weight is 319 g/mol. The van der Waals surface area contributed by atoms with Crippen molar-refractivity contribution in [2.75, 3.05) is 5.32 Å². The van der Waals surface area contributed by atoms with Gasteiger partial charge in [-0.2, -0.15) is 0 Å². The van der Waals surface area contributed by atoms with Gasteiger partial charge >= 0.3 is 0 Å². The second-order valence-electron chi connectivity index (χ2n) is 3.36. The number of hydrogen-bond donors (Lipinski definition) is 1. The SMILES string of the molecule is O=C(Nc1c(Br)cccc1Br)C1CC1. The Morgan fingerprint density at radius 1 is 1.29 bits per heavy atom. The molecule has 2 nitrogen and oxygen atoms in total. The molecular formula is C10H9Br2NO. The zero-order chi connectivity index (χ0) is 10.1. The third kappa shape index (κ3) is 2.17. The summed E-state index contributed by atoms with van der Waals surface area (Å²) in [6.45, 7) is 0. The van der Waals surface area contributed by atoms with Gasteiger partial charge in [0.2, 0.25) is 5.91 Å². The van der Waals surface area contributed by atoms with Gasteiger partial charge in [-0.3, -0.25) is 4.79 Å². The van der Waals surface area contributed by atoms with E-state index in [2.05, 4.69) is 37.2 Å². The molecular weight excluding hydrogens is 310 g/mol. The lowest BCUT2D eigenvalue weighted by atomic mass is 10.3. The molecule has 1 aromatic rings. The summed E-state index contributed by atoms with van der Waals surface area (Å²) in [4.78, 5) is 11.5. The first-order chi connectivity index (χ1) is 6.68. The molecule has 0 aromatic heterocycles. The van der Waals surface area contributed by atoms with Crippen LogP contribution in [0.25, 0.3) is 0 Å². The monoisotopic (exact) mass is 317 g/mol. The molecule has 2 rings (SSSR count). The molecule has 74 valence electrons. The molecule has 0 aliphatic heterocycles. The molecule has 0 unspecified atom stereocenters. The molecule has 1 aliphatic rings. The second kappa shape index (κ2) is 4.03. The molecule has 0 atom stereocenters. The van der Waals surface area contributed by atoms with E-state index in [-0.39, 0.29) is 11.8 Å². The number of para-hydroxylation sites is 1. The first-order valence-electron chi connectivity index (χ1n) is 4.43. The first kappa shape index (κ1) is 10.2. The lowest BCUT2D eigenvalue weighted by molar-refractivity contribution is -0.117. The summed E-state index contributed by atoms with van der Waals surface area (Å²) in [7, 11) is 0. The van der Waals surface area contributed by atoms with Gasteiger partial charge in [-0.25, -0.2) is 0 Å². The Kier molecular flexibility index (Phi) is 2.93. The third-order valence-corrected chi connectivity index (χ3v) is 3.48. The van der Waals surface area contributed by atoms with Gasteiger partial charge in [-0.1, -0.05) is 6.07 Å². The van der Waals surface area contributed by atoms with E-state index in [4.69, 9.17) is 0 Å². The lowest BCUT2D eigenvalue weighted by Crippen LogP contribution is -2.13. The Hall–Kier alpha value is -0.350. The number of benzene rings is 1. The largest absolute Gasteiger partial charge is 0.324 e. The zero-order valence-corrected chi connectivity index (χ0v) is 10.6. The molecule has 1 aliphatic carbocycles. The molecule has 0 saturated heterocycles. The summed E-state index contributed by atoms with van der Waals surface area (Å²) in [6.07, 6.45) is 2.04. The molecule has 1 aromatic carbocycles. The second-order valence-corrected chi connectivity index (χ2v) is 5.07. The van der Waals surface area contributed by atoms with Gasteiger partial charge in [0.15, 0.2) is 0 Å². The maximum absolute atomic E-state index is 11.5. The molecule has 1 saturated carbocycles. The van der Waals surface area contributed by atoms with Crippen LogP contribution in [0.1, 0.15) is 12.8 Å². The number of nitrogens with one attached hydrogen (secondary N) is 1. The predicted molar refractivity (Wildman–Crippen MR) is 63.2 cm³/mol. The van der Waals surface area contributed by atoms with Crippen molar-refractivity contribution in [3.63, 3.8) is 0 Å². The van der Waals surface area contributed by atoms with Crippen molar-refractivity contribution in [2.45, 2.75) is 12.8 Å². The normalized spacial score (nSPS) is 15.3. The highest BCUT2D eigenvalue weighted by atomic mass is 79.9. The number of hydrogen-bond acceptors (Lipinski definition) is 1. The number of carbonyl (C=O) groups excluding carboxylic acids is 1. The quantitative estimate of drug-likeness (QED) is 0.887. The fraction of sp³-hybridized carbons (Fsp3) is 0.300. The van der Waals surface area contributed by atoms with Crippen LogP contribution in [-0.4, -0.2) is 5.91 Å². The molecule has 0 bridgehead atoms. The maximum atomic E-state index is 11.5. The van der Waals surface area contributed by atoms with Gasteiger partial charge in [-0.15, -0.1) is 0 Å². The van der Waals surface area contributed by atoms with E-state index in [1.807, 2.05) is 18.2 Å². The average Bonchev–Trinajstić information content (AvgIpc) is 2.94. The molecule has 0 spiro atoms. The van der Waals surface area contributed by atoms with Crippen molar-refractivity contribution in [2.24, 2.45) is 5.92 Å². The smallest absolute Gasteiger partial charge is 0.227 e. The van der Waals surface area contributed by atoms with Crippen LogP contribution in [0.2, 0.25) is 0 Å². The number of rotatable bonds is 2. The van der Waals surface area contributed by atoms with E-state index in [0.717, 1.165) is 27.5 Å². The molecule has 4 heteroatoms. The van der Waals surface area contributed by atoms with Crippen LogP contribution >= 0.6 is 31.9 Å². The highest BCUT2D eigenvalue weighted by Crippen LogP contribution is 2.34. The third-order valence-electron chi connectivity index (χ3n) is 2.16. The van der Waals surface area contributed by atoms with Gasteiger partial charge in [0.1, 0.15) is 0 Å². The van der Waals surface area contributed by atoms with E-state index in [0.29, 0.717) is 0 Å². The molecule has 1 N–H and O–H groups in total. The molecule has 0 heterocycles. The van der Waals surface area contributed by atoms with E-state index in [1.165, 1.54) is 0 Å². The fourth-order valence-electron chi connectivity index (χ4n) is 1.19. The van der Waals surface area contributed by atoms with Crippen LogP contribution in [0.15, 0.2) is 27.1 Å². The zero-order valence-electron chi connectivity index (χ0n) is 7.39. The van der Waals surface area contributed by atoms with Crippen molar-refractivity contribution >= 4 is 43.5 Å². The van der Waals surface area contributed by atoms with E-state index in [9.17, 15) is 4.79 Å². The minimum atomic E-state index is 0.123. The van der Waals surface area contributed by atoms with Crippen LogP contribution in [0.5, 0.6) is 0 Å². The first-order valence-corrected chi connectivity index (χ1v) is 6.02. The van der Waals surface area contributed by atoms with Crippen LogP contribution in [-0.2, 0) is 4.79 Å². The van der Waals surface area contributed by atoms with Gasteiger partial charge < -0.3 is 5.32 Å². The Bertz CT molecular complexity index is 354. The van der Waals surface area contributed by atoms with Crippen LogP contribution in [0.4, 0.5) is 5.69 Å². The molecule has 14 heavy (non-hydrogen) atoms. The number of halogens is 2. The van der Waals surface area contributed by atoms with Gasteiger partial charge in [0.05, 0.1) is 5.69 Å². The van der Waals surface area contributed by atoms with Crippen LogP contribution in [0.3, 0.4) is 0 Å². The fourth-order valence-corrected chi connectivity index (χ4v) is 2.38. The van der Waals surface area contributed by atoms with Crippen LogP contribution < -0.4 is 5.32 Å².